The van der Waals surface area contributed by atoms with Gasteiger partial charge in [-0.15, -0.1) is 0 Å². The summed E-state index contributed by atoms with van der Waals surface area (Å²) in [5.74, 6) is -2.92. The number of carbonyl (C=O) groups is 2. The van der Waals surface area contributed by atoms with Crippen LogP contribution in [0.15, 0.2) is 78.9 Å². The second-order valence-electron chi connectivity index (χ2n) is 9.90. The van der Waals surface area contributed by atoms with Crippen molar-refractivity contribution in [1.82, 2.24) is 0 Å². The number of carbonyl (C=O) groups excluding carboxylic acids is 2. The summed E-state index contributed by atoms with van der Waals surface area (Å²) in [5.41, 5.74) is 2.48. The number of hydrogen-bond acceptors (Lipinski definition) is 3. The Labute approximate surface area is 241 Å². The smallest absolute Gasteiger partial charge is 0.318 e. The Balaban J connectivity index is 1.66. The molecule has 0 saturated carbocycles. The second-order valence-corrected chi connectivity index (χ2v) is 10.7. The molecule has 0 saturated heterocycles. The van der Waals surface area contributed by atoms with Gasteiger partial charge in [0.15, 0.2) is 0 Å². The molecule has 4 aromatic carbocycles. The summed E-state index contributed by atoms with van der Waals surface area (Å²) >= 11 is 12.3. The fourth-order valence-electron chi connectivity index (χ4n) is 4.22. The molecule has 0 spiro atoms. The highest BCUT2D eigenvalue weighted by atomic mass is 35.5. The first-order valence-electron chi connectivity index (χ1n) is 12.7. The highest BCUT2D eigenvalue weighted by Gasteiger charge is 2.23. The summed E-state index contributed by atoms with van der Waals surface area (Å²) in [6, 6.07) is 19.7. The Hall–Kier alpha value is -3.74. The van der Waals surface area contributed by atoms with Crippen molar-refractivity contribution in [3.8, 4) is 16.9 Å². The zero-order valence-electron chi connectivity index (χ0n) is 22.1. The average molecular weight is 582 g/mol. The Morgan fingerprint density at radius 1 is 0.875 bits per heavy atom. The number of amides is 1. The summed E-state index contributed by atoms with van der Waals surface area (Å²) in [6.45, 7) is 5.99. The van der Waals surface area contributed by atoms with E-state index in [0.717, 1.165) is 24.1 Å². The maximum atomic E-state index is 14.6. The van der Waals surface area contributed by atoms with Crippen LogP contribution in [-0.4, -0.2) is 11.9 Å². The van der Waals surface area contributed by atoms with Crippen LogP contribution in [0.3, 0.4) is 0 Å². The van der Waals surface area contributed by atoms with E-state index in [9.17, 15) is 18.4 Å². The van der Waals surface area contributed by atoms with Crippen molar-refractivity contribution in [3.63, 3.8) is 0 Å². The average Bonchev–Trinajstić information content (AvgIpc) is 2.90. The molecule has 0 aliphatic carbocycles. The van der Waals surface area contributed by atoms with Crippen molar-refractivity contribution in [2.45, 2.75) is 33.1 Å². The molecule has 1 unspecified atom stereocenters. The maximum absolute atomic E-state index is 14.6. The molecule has 8 heteroatoms. The first-order chi connectivity index (χ1) is 19.0. The first-order valence-corrected chi connectivity index (χ1v) is 13.4. The van der Waals surface area contributed by atoms with Gasteiger partial charge in [0.2, 0.25) is 0 Å². The number of ether oxygens (including phenoxy) is 1. The minimum Gasteiger partial charge on any atom is -0.425 e. The normalized spacial score (nSPS) is 11.8. The molecular weight excluding hydrogens is 555 g/mol. The predicted octanol–water partition coefficient (Wildman–Crippen LogP) is 9.10. The topological polar surface area (TPSA) is 55.4 Å². The van der Waals surface area contributed by atoms with E-state index in [1.54, 1.807) is 13.0 Å². The molecule has 4 nitrogen and oxygen atoms in total. The molecule has 40 heavy (non-hydrogen) atoms. The SMILES string of the molecule is CC(C)Cc1ccc(C(C)C(=O)Oc2ccc(-c3ccc(F)cc3F)cc2C(=O)Nc2cc(Cl)ccc2Cl)cc1. The second kappa shape index (κ2) is 12.6. The summed E-state index contributed by atoms with van der Waals surface area (Å²) in [4.78, 5) is 26.6. The molecule has 0 bridgehead atoms. The summed E-state index contributed by atoms with van der Waals surface area (Å²) < 4.78 is 33.8. The maximum Gasteiger partial charge on any atom is 0.318 e. The van der Waals surface area contributed by atoms with E-state index < -0.39 is 29.4 Å². The molecule has 0 radical (unpaired) electrons. The van der Waals surface area contributed by atoms with Gasteiger partial charge in [-0.2, -0.15) is 0 Å². The van der Waals surface area contributed by atoms with Gasteiger partial charge in [0.1, 0.15) is 17.4 Å². The number of hydrogen-bond donors (Lipinski definition) is 1. The van der Waals surface area contributed by atoms with Crippen LogP contribution in [0, 0.1) is 17.6 Å². The van der Waals surface area contributed by atoms with Crippen molar-refractivity contribution < 1.29 is 23.1 Å². The van der Waals surface area contributed by atoms with Crippen molar-refractivity contribution in [2.75, 3.05) is 5.32 Å². The number of benzene rings is 4. The Morgan fingerprint density at radius 3 is 2.27 bits per heavy atom. The van der Waals surface area contributed by atoms with E-state index in [0.29, 0.717) is 10.9 Å². The minimum absolute atomic E-state index is 0.0322. The largest absolute Gasteiger partial charge is 0.425 e. The van der Waals surface area contributed by atoms with Crippen molar-refractivity contribution in [2.24, 2.45) is 5.92 Å². The number of anilines is 1. The van der Waals surface area contributed by atoms with Crippen LogP contribution in [0.25, 0.3) is 11.1 Å². The third-order valence-electron chi connectivity index (χ3n) is 6.33. The zero-order valence-corrected chi connectivity index (χ0v) is 23.6. The molecule has 0 aliphatic heterocycles. The van der Waals surface area contributed by atoms with Crippen LogP contribution < -0.4 is 10.1 Å². The zero-order chi connectivity index (χ0) is 29.0. The van der Waals surface area contributed by atoms with Crippen molar-refractivity contribution in [1.29, 1.82) is 0 Å². The lowest BCUT2D eigenvalue weighted by Crippen LogP contribution is -2.20. The summed E-state index contributed by atoms with van der Waals surface area (Å²) in [5, 5.41) is 3.26. The van der Waals surface area contributed by atoms with Gasteiger partial charge in [-0.3, -0.25) is 9.59 Å². The van der Waals surface area contributed by atoms with E-state index in [4.69, 9.17) is 27.9 Å². The van der Waals surface area contributed by atoms with Crippen LogP contribution in [-0.2, 0) is 11.2 Å². The molecule has 1 N–H and O–H groups in total. The molecule has 4 aromatic rings. The first kappa shape index (κ1) is 29.2. The fourth-order valence-corrected chi connectivity index (χ4v) is 4.55. The molecule has 0 heterocycles. The molecule has 206 valence electrons. The highest BCUT2D eigenvalue weighted by molar-refractivity contribution is 6.36. The number of nitrogens with one attached hydrogen (secondary N) is 1. The number of rotatable bonds is 8. The molecule has 4 rings (SSSR count). The highest BCUT2D eigenvalue weighted by Crippen LogP contribution is 2.32. The van der Waals surface area contributed by atoms with Crippen LogP contribution in [0.2, 0.25) is 10.0 Å². The van der Waals surface area contributed by atoms with Gasteiger partial charge in [0, 0.05) is 16.7 Å². The Kier molecular flexibility index (Phi) is 9.23. The fraction of sp³-hybridized carbons (Fsp3) is 0.188. The van der Waals surface area contributed by atoms with Gasteiger partial charge in [-0.05, 0) is 78.4 Å². The summed E-state index contributed by atoms with van der Waals surface area (Å²) in [7, 11) is 0. The lowest BCUT2D eigenvalue weighted by atomic mass is 9.97. The minimum atomic E-state index is -0.802. The molecule has 0 aromatic heterocycles. The van der Waals surface area contributed by atoms with E-state index in [1.807, 2.05) is 24.3 Å². The number of halogens is 4. The molecule has 1 atom stereocenters. The van der Waals surface area contributed by atoms with Gasteiger partial charge in [-0.25, -0.2) is 8.78 Å². The Morgan fingerprint density at radius 2 is 1.60 bits per heavy atom. The van der Waals surface area contributed by atoms with Gasteiger partial charge in [0.25, 0.3) is 5.91 Å². The van der Waals surface area contributed by atoms with E-state index in [2.05, 4.69) is 19.2 Å². The quantitative estimate of drug-likeness (QED) is 0.167. The lowest BCUT2D eigenvalue weighted by molar-refractivity contribution is -0.135. The summed E-state index contributed by atoms with van der Waals surface area (Å²) in [6.07, 6.45) is 0.926. The Bertz CT molecular complexity index is 1550. The van der Waals surface area contributed by atoms with E-state index >= 15 is 0 Å². The predicted molar refractivity (Wildman–Crippen MR) is 155 cm³/mol. The van der Waals surface area contributed by atoms with Gasteiger partial charge in [-0.1, -0.05) is 67.4 Å². The van der Waals surface area contributed by atoms with E-state index in [-0.39, 0.29) is 33.1 Å². The van der Waals surface area contributed by atoms with Crippen molar-refractivity contribution >= 4 is 40.8 Å². The van der Waals surface area contributed by atoms with E-state index in [1.165, 1.54) is 42.0 Å². The number of esters is 1. The van der Waals surface area contributed by atoms with Gasteiger partial charge in [0.05, 0.1) is 22.2 Å². The third kappa shape index (κ3) is 7.06. The van der Waals surface area contributed by atoms with Crippen LogP contribution in [0.4, 0.5) is 14.5 Å². The van der Waals surface area contributed by atoms with Crippen LogP contribution in [0.1, 0.15) is 48.2 Å². The lowest BCUT2D eigenvalue weighted by Gasteiger charge is -2.16. The molecule has 0 fully saturated rings. The standard InChI is InChI=1S/C32H27Cl2F2NO3/c1-18(2)14-20-4-6-21(7-5-20)19(3)32(39)40-30-13-8-22(25-11-10-24(35)17-28(25)36)15-26(30)31(38)37-29-16-23(33)9-12-27(29)34/h4-13,15-19H,14H2,1-3H3,(H,37,38). The molecule has 1 amide bonds. The molecule has 0 aliphatic rings. The van der Waals surface area contributed by atoms with Gasteiger partial charge >= 0.3 is 5.97 Å². The van der Waals surface area contributed by atoms with Crippen LogP contribution >= 0.6 is 23.2 Å². The van der Waals surface area contributed by atoms with Gasteiger partial charge < -0.3 is 10.1 Å². The molecular formula is C32H27Cl2F2NO3. The monoisotopic (exact) mass is 581 g/mol. The van der Waals surface area contributed by atoms with Crippen molar-refractivity contribution in [3.05, 3.63) is 117 Å². The third-order valence-corrected chi connectivity index (χ3v) is 6.90. The van der Waals surface area contributed by atoms with Crippen LogP contribution in [0.5, 0.6) is 5.75 Å².